The summed E-state index contributed by atoms with van der Waals surface area (Å²) in [6.45, 7) is 1.78. The number of hydrogen-bond acceptors (Lipinski definition) is 5. The fourth-order valence-corrected chi connectivity index (χ4v) is 3.97. The minimum absolute atomic E-state index is 0.281. The fourth-order valence-electron chi connectivity index (χ4n) is 2.53. The molecule has 0 aliphatic rings. The number of ketones is 1. The van der Waals surface area contributed by atoms with Gasteiger partial charge in [-0.2, -0.15) is 0 Å². The topological polar surface area (TPSA) is 61.8 Å². The van der Waals surface area contributed by atoms with Gasteiger partial charge in [0.25, 0.3) is 0 Å². The predicted molar refractivity (Wildman–Crippen MR) is 108 cm³/mol. The van der Waals surface area contributed by atoms with Gasteiger partial charge in [-0.05, 0) is 30.7 Å². The third kappa shape index (κ3) is 5.32. The van der Waals surface area contributed by atoms with Crippen molar-refractivity contribution in [1.29, 1.82) is 0 Å². The van der Waals surface area contributed by atoms with Crippen molar-refractivity contribution in [1.82, 2.24) is 0 Å². The van der Waals surface area contributed by atoms with Crippen LogP contribution in [0.25, 0.3) is 0 Å². The Morgan fingerprint density at radius 1 is 0.786 bits per heavy atom. The van der Waals surface area contributed by atoms with Gasteiger partial charge in [0.15, 0.2) is 5.78 Å². The maximum atomic E-state index is 13.4. The van der Waals surface area contributed by atoms with Gasteiger partial charge in [0.1, 0.15) is 17.6 Å². The average molecular weight is 396 g/mol. The minimum atomic E-state index is -4.13. The van der Waals surface area contributed by atoms with E-state index in [1.165, 1.54) is 0 Å². The van der Waals surface area contributed by atoms with Gasteiger partial charge in [-0.1, -0.05) is 73.7 Å². The van der Waals surface area contributed by atoms with Crippen molar-refractivity contribution >= 4 is 13.6 Å². The van der Waals surface area contributed by atoms with Gasteiger partial charge in [0.05, 0.1) is 0 Å². The highest BCUT2D eigenvalue weighted by atomic mass is 31.2. The van der Waals surface area contributed by atoms with E-state index in [-0.39, 0.29) is 5.78 Å². The van der Waals surface area contributed by atoms with Crippen LogP contribution in [-0.2, 0) is 9.09 Å². The zero-order valence-corrected chi connectivity index (χ0v) is 16.3. The van der Waals surface area contributed by atoms with Gasteiger partial charge < -0.3 is 9.05 Å². The number of Topliss-reactive ketones (excluding diaryl/α,β-unsaturated/α-hetero) is 1. The molecular formula is C22H21O5P. The molecule has 0 heterocycles. The van der Waals surface area contributed by atoms with Crippen LogP contribution in [0.3, 0.4) is 0 Å². The van der Waals surface area contributed by atoms with Crippen molar-refractivity contribution in [2.75, 3.05) is 0 Å². The summed E-state index contributed by atoms with van der Waals surface area (Å²) in [6.07, 6.45) is -0.658. The van der Waals surface area contributed by atoms with Crippen LogP contribution < -0.4 is 9.05 Å². The molecule has 5 nitrogen and oxygen atoms in total. The first-order valence-corrected chi connectivity index (χ1v) is 10.4. The first-order chi connectivity index (χ1) is 13.6. The monoisotopic (exact) mass is 396 g/mol. The lowest BCUT2D eigenvalue weighted by Gasteiger charge is -2.23. The Balaban J connectivity index is 1.86. The van der Waals surface area contributed by atoms with Crippen molar-refractivity contribution in [3.05, 3.63) is 96.6 Å². The average Bonchev–Trinajstić information content (AvgIpc) is 2.73. The van der Waals surface area contributed by atoms with E-state index >= 15 is 0 Å². The molecule has 3 aromatic rings. The molecule has 3 rings (SSSR count). The summed E-state index contributed by atoms with van der Waals surface area (Å²) < 4.78 is 30.3. The normalized spacial score (nSPS) is 12.2. The highest BCUT2D eigenvalue weighted by Gasteiger charge is 2.37. The molecule has 6 heteroatoms. The molecule has 0 aliphatic heterocycles. The Kier molecular flexibility index (Phi) is 6.64. The number of carbonyl (C=O) groups is 1. The van der Waals surface area contributed by atoms with E-state index in [2.05, 4.69) is 0 Å². The molecule has 0 spiro atoms. The van der Waals surface area contributed by atoms with E-state index in [1.54, 1.807) is 79.7 Å². The SMILES string of the molecule is CC[C@@H](OP(=O)(Oc1ccccc1)Oc1ccccc1)C(=O)c1ccccc1. The van der Waals surface area contributed by atoms with E-state index in [0.29, 0.717) is 23.5 Å². The van der Waals surface area contributed by atoms with Crippen LogP contribution in [0, 0.1) is 0 Å². The summed E-state index contributed by atoms with van der Waals surface area (Å²) in [4.78, 5) is 12.8. The number of hydrogen-bond donors (Lipinski definition) is 0. The van der Waals surface area contributed by atoms with Gasteiger partial charge in [-0.3, -0.25) is 9.32 Å². The Labute approximate surface area is 164 Å². The quantitative estimate of drug-likeness (QED) is 0.331. The molecule has 0 aliphatic carbocycles. The molecule has 0 fully saturated rings. The maximum Gasteiger partial charge on any atom is 0.588 e. The third-order valence-corrected chi connectivity index (χ3v) is 5.28. The molecule has 0 saturated carbocycles. The summed E-state index contributed by atoms with van der Waals surface area (Å²) in [7, 11) is -4.13. The zero-order valence-electron chi connectivity index (χ0n) is 15.4. The Hall–Kier alpha value is -2.88. The lowest BCUT2D eigenvalue weighted by Crippen LogP contribution is -2.24. The standard InChI is InChI=1S/C22H21O5P/c1-2-21(22(23)18-12-6-3-7-13-18)27-28(24,25-19-14-8-4-9-15-19)26-20-16-10-5-11-17-20/h3-17,21H,2H2,1H3/t21-/m1/s1. The summed E-state index contributed by atoms with van der Waals surface area (Å²) in [5.41, 5.74) is 0.473. The summed E-state index contributed by atoms with van der Waals surface area (Å²) >= 11 is 0. The van der Waals surface area contributed by atoms with Crippen molar-refractivity contribution in [2.45, 2.75) is 19.4 Å². The van der Waals surface area contributed by atoms with Crippen LogP contribution in [-0.4, -0.2) is 11.9 Å². The number of benzene rings is 3. The predicted octanol–water partition coefficient (Wildman–Crippen LogP) is 5.93. The minimum Gasteiger partial charge on any atom is -0.395 e. The lowest BCUT2D eigenvalue weighted by atomic mass is 10.1. The molecule has 0 unspecified atom stereocenters. The van der Waals surface area contributed by atoms with Crippen molar-refractivity contribution in [3.63, 3.8) is 0 Å². The molecule has 1 atom stereocenters. The van der Waals surface area contributed by atoms with Gasteiger partial charge >= 0.3 is 7.82 Å². The molecule has 0 bridgehead atoms. The summed E-state index contributed by atoms with van der Waals surface area (Å²) in [5.74, 6) is 0.365. The zero-order chi connectivity index (χ0) is 19.8. The van der Waals surface area contributed by atoms with Crippen molar-refractivity contribution in [2.24, 2.45) is 0 Å². The van der Waals surface area contributed by atoms with Gasteiger partial charge in [-0.15, -0.1) is 0 Å². The van der Waals surface area contributed by atoms with Crippen LogP contribution in [0.2, 0.25) is 0 Å². The molecule has 0 aromatic heterocycles. The molecule has 3 aromatic carbocycles. The van der Waals surface area contributed by atoms with Crippen LogP contribution in [0.1, 0.15) is 23.7 Å². The maximum absolute atomic E-state index is 13.4. The highest BCUT2D eigenvalue weighted by Crippen LogP contribution is 2.51. The Bertz CT molecular complexity index is 883. The highest BCUT2D eigenvalue weighted by molar-refractivity contribution is 7.49. The summed E-state index contributed by atoms with van der Waals surface area (Å²) in [5, 5.41) is 0. The Morgan fingerprint density at radius 2 is 1.21 bits per heavy atom. The first-order valence-electron chi connectivity index (χ1n) is 8.96. The Morgan fingerprint density at radius 3 is 1.64 bits per heavy atom. The van der Waals surface area contributed by atoms with Crippen LogP contribution in [0.4, 0.5) is 0 Å². The number of carbonyl (C=O) groups excluding carboxylic acids is 1. The lowest BCUT2D eigenvalue weighted by molar-refractivity contribution is 0.0721. The largest absolute Gasteiger partial charge is 0.588 e. The van der Waals surface area contributed by atoms with Crippen molar-refractivity contribution < 1.29 is 22.9 Å². The van der Waals surface area contributed by atoms with E-state index in [0.717, 1.165) is 0 Å². The number of phosphoric acid groups is 1. The molecule has 28 heavy (non-hydrogen) atoms. The molecule has 0 amide bonds. The van der Waals surface area contributed by atoms with Gasteiger partial charge in [0.2, 0.25) is 0 Å². The van der Waals surface area contributed by atoms with E-state index in [4.69, 9.17) is 13.6 Å². The van der Waals surface area contributed by atoms with E-state index in [9.17, 15) is 9.36 Å². The molecule has 0 radical (unpaired) electrons. The van der Waals surface area contributed by atoms with Crippen LogP contribution in [0.5, 0.6) is 11.5 Å². The number of rotatable bonds is 9. The second-order valence-electron chi connectivity index (χ2n) is 5.99. The molecular weight excluding hydrogens is 375 g/mol. The van der Waals surface area contributed by atoms with Crippen LogP contribution in [0.15, 0.2) is 91.0 Å². The third-order valence-electron chi connectivity index (χ3n) is 3.90. The fraction of sp³-hybridized carbons (Fsp3) is 0.136. The van der Waals surface area contributed by atoms with Crippen molar-refractivity contribution in [3.8, 4) is 11.5 Å². The molecule has 0 N–H and O–H groups in total. The second kappa shape index (κ2) is 9.36. The summed E-state index contributed by atoms with van der Waals surface area (Å²) in [6, 6.07) is 25.9. The number of para-hydroxylation sites is 2. The van der Waals surface area contributed by atoms with Crippen LogP contribution >= 0.6 is 7.82 Å². The van der Waals surface area contributed by atoms with Gasteiger partial charge in [0, 0.05) is 5.56 Å². The smallest absolute Gasteiger partial charge is 0.395 e. The molecule has 0 saturated heterocycles. The molecule has 144 valence electrons. The first kappa shape index (κ1) is 19.9. The second-order valence-corrected chi connectivity index (χ2v) is 7.46. The van der Waals surface area contributed by atoms with Gasteiger partial charge in [-0.25, -0.2) is 4.57 Å². The van der Waals surface area contributed by atoms with E-state index < -0.39 is 13.9 Å². The number of phosphoric ester groups is 1. The van der Waals surface area contributed by atoms with E-state index in [1.807, 2.05) is 18.2 Å².